The highest BCUT2D eigenvalue weighted by Crippen LogP contribution is 2.28. The van der Waals surface area contributed by atoms with Crippen molar-refractivity contribution in [3.8, 4) is 5.69 Å². The summed E-state index contributed by atoms with van der Waals surface area (Å²) in [6.07, 6.45) is 9.64. The maximum absolute atomic E-state index is 13.0. The van der Waals surface area contributed by atoms with E-state index in [1.54, 1.807) is 23.1 Å². The fraction of sp³-hybridized carbons (Fsp3) is 0.591. The van der Waals surface area contributed by atoms with Gasteiger partial charge < -0.3 is 16.0 Å². The summed E-state index contributed by atoms with van der Waals surface area (Å²) in [5.74, 6) is 0.235. The van der Waals surface area contributed by atoms with Crippen LogP contribution in [0.25, 0.3) is 5.69 Å². The molecule has 2 aromatic rings. The highest BCUT2D eigenvalue weighted by molar-refractivity contribution is 6.30. The molecule has 2 aliphatic rings. The number of nitrogens with zero attached hydrogens (tertiary/aromatic N) is 5. The van der Waals surface area contributed by atoms with Crippen LogP contribution in [0.15, 0.2) is 24.5 Å². The molecule has 0 spiro atoms. The van der Waals surface area contributed by atoms with Gasteiger partial charge in [0.1, 0.15) is 12.4 Å². The summed E-state index contributed by atoms with van der Waals surface area (Å²) in [5.41, 5.74) is 7.80. The van der Waals surface area contributed by atoms with Crippen LogP contribution < -0.4 is 11.1 Å². The lowest BCUT2D eigenvalue weighted by molar-refractivity contribution is -0.139. The second-order valence-corrected chi connectivity index (χ2v) is 9.22. The molecule has 0 bridgehead atoms. The molecule has 4 rings (SSSR count). The number of hydrogen-bond acceptors (Lipinski definition) is 6. The number of tetrazole rings is 1. The highest BCUT2D eigenvalue weighted by atomic mass is 35.5. The molecular formula is C22H30ClN7O2. The molecule has 172 valence electrons. The molecule has 1 aromatic heterocycles. The second-order valence-electron chi connectivity index (χ2n) is 8.78. The normalized spacial score (nSPS) is 20.3. The van der Waals surface area contributed by atoms with Gasteiger partial charge in [-0.25, -0.2) is 4.68 Å². The summed E-state index contributed by atoms with van der Waals surface area (Å²) in [5, 5.41) is 14.8. The van der Waals surface area contributed by atoms with E-state index in [1.165, 1.54) is 30.3 Å². The number of carbonyl (C=O) groups excluding carboxylic acids is 2. The molecule has 32 heavy (non-hydrogen) atoms. The van der Waals surface area contributed by atoms with Gasteiger partial charge in [0.15, 0.2) is 0 Å². The molecule has 2 heterocycles. The standard InChI is InChI=1S/C22H30ClN7O2/c23-17-8-9-19(30-14-26-27-28-30)16(12-17)13-25-21(31)20-7-4-10-29(20)22(32)18(24)11-15-5-2-1-3-6-15/h8-9,12,14-15,18,20H,1-7,10-11,13,24H2,(H,25,31). The molecule has 0 radical (unpaired) electrons. The van der Waals surface area contributed by atoms with Crippen molar-refractivity contribution >= 4 is 23.4 Å². The lowest BCUT2D eigenvalue weighted by Crippen LogP contribution is -2.51. The molecule has 1 saturated carbocycles. The van der Waals surface area contributed by atoms with Gasteiger partial charge in [0.05, 0.1) is 11.7 Å². The number of carbonyl (C=O) groups is 2. The minimum absolute atomic E-state index is 0.106. The van der Waals surface area contributed by atoms with E-state index in [0.717, 1.165) is 30.5 Å². The van der Waals surface area contributed by atoms with Gasteiger partial charge in [-0.1, -0.05) is 43.7 Å². The minimum Gasteiger partial charge on any atom is -0.350 e. The Hall–Kier alpha value is -2.52. The molecule has 2 atom stereocenters. The molecule has 2 unspecified atom stereocenters. The number of nitrogens with two attached hydrogens (primary N) is 1. The Labute approximate surface area is 192 Å². The van der Waals surface area contributed by atoms with Crippen LogP contribution in [0.3, 0.4) is 0 Å². The summed E-state index contributed by atoms with van der Waals surface area (Å²) in [6.45, 7) is 0.823. The first-order chi connectivity index (χ1) is 15.5. The summed E-state index contributed by atoms with van der Waals surface area (Å²) in [7, 11) is 0. The number of benzene rings is 1. The number of rotatable bonds is 7. The molecule has 1 aliphatic carbocycles. The first kappa shape index (κ1) is 22.7. The zero-order valence-electron chi connectivity index (χ0n) is 18.1. The molecule has 3 N–H and O–H groups in total. The number of likely N-dealkylation sites (tertiary alicyclic amines) is 1. The van der Waals surface area contributed by atoms with Crippen LogP contribution in [0.1, 0.15) is 56.9 Å². The van der Waals surface area contributed by atoms with Gasteiger partial charge in [0.25, 0.3) is 0 Å². The first-order valence-electron chi connectivity index (χ1n) is 11.4. The minimum atomic E-state index is -0.536. The number of aromatic nitrogens is 4. The van der Waals surface area contributed by atoms with Gasteiger partial charge in [-0.2, -0.15) is 0 Å². The predicted molar refractivity (Wildman–Crippen MR) is 120 cm³/mol. The van der Waals surface area contributed by atoms with Crippen LogP contribution in [0.4, 0.5) is 0 Å². The number of hydrogen-bond donors (Lipinski definition) is 2. The highest BCUT2D eigenvalue weighted by Gasteiger charge is 2.36. The summed E-state index contributed by atoms with van der Waals surface area (Å²) in [6, 6.07) is 4.29. The van der Waals surface area contributed by atoms with Crippen molar-refractivity contribution in [2.24, 2.45) is 11.7 Å². The molecule has 2 amide bonds. The van der Waals surface area contributed by atoms with Crippen molar-refractivity contribution in [3.05, 3.63) is 35.1 Å². The van der Waals surface area contributed by atoms with Crippen molar-refractivity contribution < 1.29 is 9.59 Å². The van der Waals surface area contributed by atoms with Gasteiger partial charge in [-0.05, 0) is 59.4 Å². The van der Waals surface area contributed by atoms with Crippen LogP contribution in [-0.2, 0) is 16.1 Å². The number of nitrogens with one attached hydrogen (secondary N) is 1. The number of amides is 2. The van der Waals surface area contributed by atoms with Crippen molar-refractivity contribution in [3.63, 3.8) is 0 Å². The average molecular weight is 460 g/mol. The Morgan fingerprint density at radius 3 is 2.75 bits per heavy atom. The first-order valence-corrected chi connectivity index (χ1v) is 11.8. The van der Waals surface area contributed by atoms with E-state index in [4.69, 9.17) is 17.3 Å². The van der Waals surface area contributed by atoms with Crippen LogP contribution in [0.2, 0.25) is 5.02 Å². The van der Waals surface area contributed by atoms with Crippen molar-refractivity contribution in [2.75, 3.05) is 6.54 Å². The van der Waals surface area contributed by atoms with E-state index in [-0.39, 0.29) is 18.4 Å². The van der Waals surface area contributed by atoms with Crippen molar-refractivity contribution in [1.29, 1.82) is 0 Å². The molecule has 1 saturated heterocycles. The molecule has 9 nitrogen and oxygen atoms in total. The lowest BCUT2D eigenvalue weighted by Gasteiger charge is -2.29. The molecule has 1 aromatic carbocycles. The van der Waals surface area contributed by atoms with Crippen LogP contribution in [0, 0.1) is 5.92 Å². The Bertz CT molecular complexity index is 930. The zero-order chi connectivity index (χ0) is 22.5. The Morgan fingerprint density at radius 1 is 1.19 bits per heavy atom. The van der Waals surface area contributed by atoms with E-state index >= 15 is 0 Å². The van der Waals surface area contributed by atoms with Gasteiger partial charge in [0.2, 0.25) is 11.8 Å². The Morgan fingerprint density at radius 2 is 2.00 bits per heavy atom. The predicted octanol–water partition coefficient (Wildman–Crippen LogP) is 2.22. The maximum Gasteiger partial charge on any atom is 0.243 e. The largest absolute Gasteiger partial charge is 0.350 e. The fourth-order valence-corrected chi connectivity index (χ4v) is 5.08. The molecule has 10 heteroatoms. The Kier molecular flexibility index (Phi) is 7.36. The van der Waals surface area contributed by atoms with Crippen LogP contribution >= 0.6 is 11.6 Å². The maximum atomic E-state index is 13.0. The summed E-state index contributed by atoms with van der Waals surface area (Å²) in [4.78, 5) is 27.7. The molecule has 1 aliphatic heterocycles. The van der Waals surface area contributed by atoms with E-state index < -0.39 is 12.1 Å². The second kappa shape index (κ2) is 10.4. The smallest absolute Gasteiger partial charge is 0.243 e. The number of halogens is 1. The average Bonchev–Trinajstić information content (AvgIpc) is 3.50. The van der Waals surface area contributed by atoms with E-state index in [9.17, 15) is 9.59 Å². The van der Waals surface area contributed by atoms with Gasteiger partial charge in [-0.15, -0.1) is 5.10 Å². The van der Waals surface area contributed by atoms with Gasteiger partial charge >= 0.3 is 0 Å². The lowest BCUT2D eigenvalue weighted by atomic mass is 9.84. The van der Waals surface area contributed by atoms with Gasteiger partial charge in [-0.3, -0.25) is 9.59 Å². The van der Waals surface area contributed by atoms with Crippen LogP contribution in [-0.4, -0.2) is 55.5 Å². The van der Waals surface area contributed by atoms with Crippen LogP contribution in [0.5, 0.6) is 0 Å². The topological polar surface area (TPSA) is 119 Å². The zero-order valence-corrected chi connectivity index (χ0v) is 18.9. The van der Waals surface area contributed by atoms with Crippen molar-refractivity contribution in [1.82, 2.24) is 30.4 Å². The molecular weight excluding hydrogens is 430 g/mol. The fourth-order valence-electron chi connectivity index (χ4n) is 4.89. The van der Waals surface area contributed by atoms with E-state index in [2.05, 4.69) is 20.8 Å². The van der Waals surface area contributed by atoms with Crippen molar-refractivity contribution in [2.45, 2.75) is 70.0 Å². The molecule has 2 fully saturated rings. The third-order valence-corrected chi connectivity index (χ3v) is 6.79. The third kappa shape index (κ3) is 5.27. The third-order valence-electron chi connectivity index (χ3n) is 6.56. The van der Waals surface area contributed by atoms with E-state index in [1.807, 2.05) is 0 Å². The monoisotopic (exact) mass is 459 g/mol. The van der Waals surface area contributed by atoms with Gasteiger partial charge in [0, 0.05) is 18.1 Å². The van der Waals surface area contributed by atoms with E-state index in [0.29, 0.717) is 30.3 Å². The summed E-state index contributed by atoms with van der Waals surface area (Å²) < 4.78 is 1.52. The summed E-state index contributed by atoms with van der Waals surface area (Å²) >= 11 is 6.16. The SMILES string of the molecule is NC(CC1CCCCC1)C(=O)N1CCCC1C(=O)NCc1cc(Cl)ccc1-n1cnnn1. The Balaban J connectivity index is 1.38. The quantitative estimate of drug-likeness (QED) is 0.655.